The summed E-state index contributed by atoms with van der Waals surface area (Å²) in [7, 11) is 0. The number of carbonyl (C=O) groups excluding carboxylic acids is 1. The summed E-state index contributed by atoms with van der Waals surface area (Å²) in [6.45, 7) is 3.35. The van der Waals surface area contributed by atoms with Gasteiger partial charge in [-0.1, -0.05) is 17.7 Å². The van der Waals surface area contributed by atoms with E-state index in [0.717, 1.165) is 0 Å². The van der Waals surface area contributed by atoms with Crippen LogP contribution in [0, 0.1) is 11.3 Å². The number of hydrogen-bond donors (Lipinski definition) is 2. The normalized spacial score (nSPS) is 17.6. The van der Waals surface area contributed by atoms with Crippen LogP contribution in [0.3, 0.4) is 0 Å². The summed E-state index contributed by atoms with van der Waals surface area (Å²) in [5.41, 5.74) is 6.05. The van der Waals surface area contributed by atoms with Gasteiger partial charge in [-0.3, -0.25) is 0 Å². The van der Waals surface area contributed by atoms with Crippen molar-refractivity contribution in [1.29, 1.82) is 5.26 Å². The summed E-state index contributed by atoms with van der Waals surface area (Å²) in [6, 6.07) is 6.45. The van der Waals surface area contributed by atoms with Crippen molar-refractivity contribution in [3.8, 4) is 11.8 Å². The summed E-state index contributed by atoms with van der Waals surface area (Å²) < 4.78 is 10.3. The number of aromatic hydroxyl groups is 1. The van der Waals surface area contributed by atoms with E-state index in [9.17, 15) is 15.2 Å². The van der Waals surface area contributed by atoms with Gasteiger partial charge in [0.15, 0.2) is 0 Å². The highest BCUT2D eigenvalue weighted by atomic mass is 35.5. The molecule has 0 spiro atoms. The third kappa shape index (κ3) is 2.96. The summed E-state index contributed by atoms with van der Waals surface area (Å²) in [5, 5.41) is 19.8. The van der Waals surface area contributed by atoms with Crippen LogP contribution in [0.25, 0.3) is 0 Å². The average molecular weight is 335 g/mol. The Labute approximate surface area is 138 Å². The fourth-order valence-electron chi connectivity index (χ4n) is 2.45. The minimum absolute atomic E-state index is 0.0120. The molecule has 7 heteroatoms. The molecule has 0 aliphatic carbocycles. The minimum Gasteiger partial charge on any atom is -0.508 e. The number of nitriles is 1. The van der Waals surface area contributed by atoms with Gasteiger partial charge < -0.3 is 20.3 Å². The van der Waals surface area contributed by atoms with Crippen LogP contribution in [-0.4, -0.2) is 17.7 Å². The molecule has 0 amide bonds. The first kappa shape index (κ1) is 16.7. The highest BCUT2D eigenvalue weighted by Gasteiger charge is 2.38. The van der Waals surface area contributed by atoms with E-state index in [1.807, 2.05) is 6.07 Å². The number of nitrogens with two attached hydrogens (primary N) is 1. The van der Waals surface area contributed by atoms with Crippen molar-refractivity contribution in [3.05, 3.63) is 51.6 Å². The van der Waals surface area contributed by atoms with Crippen molar-refractivity contribution in [2.45, 2.75) is 19.8 Å². The topological polar surface area (TPSA) is 106 Å². The van der Waals surface area contributed by atoms with E-state index in [1.165, 1.54) is 13.0 Å². The molecule has 1 heterocycles. The maximum absolute atomic E-state index is 12.3. The van der Waals surface area contributed by atoms with Crippen molar-refractivity contribution in [1.82, 2.24) is 0 Å². The lowest BCUT2D eigenvalue weighted by atomic mass is 9.82. The number of esters is 1. The molecule has 2 rings (SSSR count). The molecule has 0 saturated carbocycles. The van der Waals surface area contributed by atoms with Gasteiger partial charge in [0.25, 0.3) is 0 Å². The summed E-state index contributed by atoms with van der Waals surface area (Å²) >= 11 is 6.18. The van der Waals surface area contributed by atoms with E-state index < -0.39 is 11.9 Å². The second-order valence-corrected chi connectivity index (χ2v) is 5.19. The molecular weight excluding hydrogens is 320 g/mol. The zero-order valence-electron chi connectivity index (χ0n) is 12.6. The van der Waals surface area contributed by atoms with Crippen LogP contribution >= 0.6 is 11.6 Å². The maximum atomic E-state index is 12.3. The standard InChI is InChI=1S/C16H15ClN2O4/c1-3-22-16(21)12-8(2)23-15(19)9(7-18)13(12)14-10(17)5-4-6-11(14)20/h4-6,13,20H,3,19H2,1-2H3. The third-order valence-corrected chi connectivity index (χ3v) is 3.75. The van der Waals surface area contributed by atoms with Crippen LogP contribution in [0.1, 0.15) is 25.3 Å². The number of nitrogens with zero attached hydrogens (tertiary/aromatic N) is 1. The Hall–Kier alpha value is -2.65. The maximum Gasteiger partial charge on any atom is 0.338 e. The van der Waals surface area contributed by atoms with Gasteiger partial charge in [-0.05, 0) is 26.0 Å². The predicted molar refractivity (Wildman–Crippen MR) is 83.1 cm³/mol. The van der Waals surface area contributed by atoms with Crippen molar-refractivity contribution >= 4 is 17.6 Å². The lowest BCUT2D eigenvalue weighted by Crippen LogP contribution is -2.25. The second kappa shape index (κ2) is 6.63. The van der Waals surface area contributed by atoms with Crippen LogP contribution in [-0.2, 0) is 14.3 Å². The Balaban J connectivity index is 2.72. The van der Waals surface area contributed by atoms with E-state index in [-0.39, 0.29) is 45.7 Å². The Bertz CT molecular complexity index is 742. The first-order chi connectivity index (χ1) is 10.9. The molecule has 1 unspecified atom stereocenters. The van der Waals surface area contributed by atoms with Gasteiger partial charge in [0.1, 0.15) is 23.2 Å². The fraction of sp³-hybridized carbons (Fsp3) is 0.250. The van der Waals surface area contributed by atoms with Crippen LogP contribution in [0.4, 0.5) is 0 Å². The fourth-order valence-corrected chi connectivity index (χ4v) is 2.73. The number of carbonyl (C=O) groups is 1. The van der Waals surface area contributed by atoms with E-state index in [0.29, 0.717) is 0 Å². The molecule has 1 aromatic carbocycles. The lowest BCUT2D eigenvalue weighted by molar-refractivity contribution is -0.139. The van der Waals surface area contributed by atoms with Crippen molar-refractivity contribution < 1.29 is 19.4 Å². The molecule has 120 valence electrons. The molecule has 1 aliphatic heterocycles. The average Bonchev–Trinajstić information content (AvgIpc) is 2.47. The van der Waals surface area contributed by atoms with Gasteiger partial charge in [-0.15, -0.1) is 0 Å². The van der Waals surface area contributed by atoms with E-state index >= 15 is 0 Å². The molecule has 6 nitrogen and oxygen atoms in total. The van der Waals surface area contributed by atoms with E-state index in [1.54, 1.807) is 19.1 Å². The SMILES string of the molecule is CCOC(=O)C1=C(C)OC(N)=C(C#N)C1c1c(O)cccc1Cl. The largest absolute Gasteiger partial charge is 0.508 e. The van der Waals surface area contributed by atoms with Crippen molar-refractivity contribution in [2.24, 2.45) is 5.73 Å². The molecule has 1 aliphatic rings. The molecular formula is C16H15ClN2O4. The highest BCUT2D eigenvalue weighted by molar-refractivity contribution is 6.31. The second-order valence-electron chi connectivity index (χ2n) is 4.79. The summed E-state index contributed by atoms with van der Waals surface area (Å²) in [4.78, 5) is 12.3. The Morgan fingerprint density at radius 3 is 2.83 bits per heavy atom. The van der Waals surface area contributed by atoms with Gasteiger partial charge in [-0.2, -0.15) is 5.26 Å². The molecule has 0 aromatic heterocycles. The molecule has 0 bridgehead atoms. The number of hydrogen-bond acceptors (Lipinski definition) is 6. The zero-order valence-corrected chi connectivity index (χ0v) is 13.3. The first-order valence-electron chi connectivity index (χ1n) is 6.85. The van der Waals surface area contributed by atoms with Crippen molar-refractivity contribution in [2.75, 3.05) is 6.61 Å². The van der Waals surface area contributed by atoms with Gasteiger partial charge in [-0.25, -0.2) is 4.79 Å². The Morgan fingerprint density at radius 1 is 1.57 bits per heavy atom. The quantitative estimate of drug-likeness (QED) is 0.823. The number of allylic oxidation sites excluding steroid dienone is 2. The Morgan fingerprint density at radius 2 is 2.26 bits per heavy atom. The molecule has 3 N–H and O–H groups in total. The van der Waals surface area contributed by atoms with Gasteiger partial charge in [0.05, 0.1) is 18.1 Å². The Kier molecular flexibility index (Phi) is 4.82. The van der Waals surface area contributed by atoms with E-state index in [2.05, 4.69) is 0 Å². The molecule has 1 aromatic rings. The molecule has 1 atom stereocenters. The first-order valence-corrected chi connectivity index (χ1v) is 7.23. The number of ether oxygens (including phenoxy) is 2. The molecule has 0 radical (unpaired) electrons. The third-order valence-electron chi connectivity index (χ3n) is 3.42. The minimum atomic E-state index is -0.957. The van der Waals surface area contributed by atoms with E-state index in [4.69, 9.17) is 26.8 Å². The van der Waals surface area contributed by atoms with Crippen LogP contribution in [0.15, 0.2) is 41.0 Å². The smallest absolute Gasteiger partial charge is 0.338 e. The number of benzene rings is 1. The zero-order chi connectivity index (χ0) is 17.1. The van der Waals surface area contributed by atoms with Crippen LogP contribution in [0.5, 0.6) is 5.75 Å². The molecule has 0 saturated heterocycles. The van der Waals surface area contributed by atoms with Crippen LogP contribution in [0.2, 0.25) is 5.02 Å². The molecule has 23 heavy (non-hydrogen) atoms. The highest BCUT2D eigenvalue weighted by Crippen LogP contribution is 2.45. The summed E-state index contributed by atoms with van der Waals surface area (Å²) in [5.74, 6) is -1.71. The summed E-state index contributed by atoms with van der Waals surface area (Å²) in [6.07, 6.45) is 0. The number of halogens is 1. The van der Waals surface area contributed by atoms with Crippen LogP contribution < -0.4 is 5.73 Å². The van der Waals surface area contributed by atoms with Gasteiger partial charge in [0, 0.05) is 10.6 Å². The number of phenolic OH excluding ortho intramolecular Hbond substituents is 1. The predicted octanol–water partition coefficient (Wildman–Crippen LogP) is 2.69. The van der Waals surface area contributed by atoms with Gasteiger partial charge >= 0.3 is 5.97 Å². The lowest BCUT2D eigenvalue weighted by Gasteiger charge is -2.27. The number of phenols is 1. The van der Waals surface area contributed by atoms with Crippen molar-refractivity contribution in [3.63, 3.8) is 0 Å². The monoisotopic (exact) mass is 334 g/mol. The number of rotatable bonds is 3. The molecule has 0 fully saturated rings. The van der Waals surface area contributed by atoms with Gasteiger partial charge in [0.2, 0.25) is 5.88 Å².